The zero-order chi connectivity index (χ0) is 23.3. The van der Waals surface area contributed by atoms with Crippen molar-refractivity contribution in [3.63, 3.8) is 0 Å². The van der Waals surface area contributed by atoms with Crippen LogP contribution in [-0.2, 0) is 10.0 Å². The van der Waals surface area contributed by atoms with Crippen molar-refractivity contribution in [2.45, 2.75) is 30.6 Å². The summed E-state index contributed by atoms with van der Waals surface area (Å²) in [7, 11) is -3.56. The van der Waals surface area contributed by atoms with Gasteiger partial charge in [0.2, 0.25) is 10.0 Å². The van der Waals surface area contributed by atoms with Gasteiger partial charge in [-0.1, -0.05) is 28.4 Å². The zero-order valence-electron chi connectivity index (χ0n) is 18.2. The van der Waals surface area contributed by atoms with Gasteiger partial charge in [0.25, 0.3) is 0 Å². The van der Waals surface area contributed by atoms with Gasteiger partial charge in [-0.2, -0.15) is 5.11 Å². The fourth-order valence-electron chi connectivity index (χ4n) is 3.86. The van der Waals surface area contributed by atoms with Crippen molar-refractivity contribution in [3.8, 4) is 0 Å². The number of azo groups is 1. The van der Waals surface area contributed by atoms with Crippen LogP contribution >= 0.6 is 15.9 Å². The Kier molecular flexibility index (Phi) is 7.69. The van der Waals surface area contributed by atoms with Gasteiger partial charge >= 0.3 is 0 Å². The van der Waals surface area contributed by atoms with Crippen molar-refractivity contribution in [1.29, 1.82) is 0 Å². The third kappa shape index (κ3) is 6.14. The quantitative estimate of drug-likeness (QED) is 0.308. The van der Waals surface area contributed by atoms with Gasteiger partial charge in [0.1, 0.15) is 5.69 Å². The van der Waals surface area contributed by atoms with Gasteiger partial charge in [0.15, 0.2) is 5.82 Å². The van der Waals surface area contributed by atoms with E-state index in [1.165, 1.54) is 31.4 Å². The van der Waals surface area contributed by atoms with Crippen LogP contribution in [0.25, 0.3) is 10.8 Å². The molecule has 8 nitrogen and oxygen atoms in total. The summed E-state index contributed by atoms with van der Waals surface area (Å²) in [5.41, 5.74) is 7.01. The van der Waals surface area contributed by atoms with Crippen LogP contribution in [0.2, 0.25) is 0 Å². The normalized spacial score (nSPS) is 15.4. The van der Waals surface area contributed by atoms with Crippen LogP contribution in [0.15, 0.2) is 68.3 Å². The second-order valence-corrected chi connectivity index (χ2v) is 10.8. The molecule has 0 unspecified atom stereocenters. The number of nitrogens with zero attached hydrogens (tertiary/aromatic N) is 4. The van der Waals surface area contributed by atoms with Crippen LogP contribution in [-0.4, -0.2) is 44.5 Å². The van der Waals surface area contributed by atoms with Crippen molar-refractivity contribution in [3.05, 3.63) is 53.1 Å². The van der Waals surface area contributed by atoms with Gasteiger partial charge < -0.3 is 10.6 Å². The molecule has 0 aliphatic carbocycles. The topological polar surface area (TPSA) is 113 Å². The third-order valence-corrected chi connectivity index (χ3v) is 7.63. The maximum absolute atomic E-state index is 12.6. The lowest BCUT2D eigenvalue weighted by molar-refractivity contribution is 0.227. The molecule has 174 valence electrons. The standard InChI is InChI=1S/C23H27BrN6O2S/c24-18-6-5-17-16-26-23(25)22(21(17)15-18)29-28-19-7-9-20(10-8-19)33(31,32)27-11-4-14-30-12-2-1-3-13-30/h5-10,15-16,27H,1-4,11-14H2,(H2,25,26)/b29-28+. The molecule has 0 saturated carbocycles. The molecule has 33 heavy (non-hydrogen) atoms. The molecule has 3 aromatic rings. The first-order valence-corrected chi connectivity index (χ1v) is 13.3. The minimum atomic E-state index is -3.56. The molecule has 0 amide bonds. The minimum absolute atomic E-state index is 0.203. The Labute approximate surface area is 202 Å². The molecule has 3 N–H and O–H groups in total. The van der Waals surface area contributed by atoms with E-state index in [9.17, 15) is 8.42 Å². The van der Waals surface area contributed by atoms with Crippen LogP contribution in [0.4, 0.5) is 17.2 Å². The van der Waals surface area contributed by atoms with E-state index in [4.69, 9.17) is 5.73 Å². The van der Waals surface area contributed by atoms with Crippen LogP contribution in [0.5, 0.6) is 0 Å². The molecule has 0 atom stereocenters. The number of rotatable bonds is 8. The number of aromatic nitrogens is 1. The second-order valence-electron chi connectivity index (χ2n) is 8.07. The van der Waals surface area contributed by atoms with E-state index < -0.39 is 10.0 Å². The molecule has 0 bridgehead atoms. The highest BCUT2D eigenvalue weighted by molar-refractivity contribution is 9.10. The molecule has 1 saturated heterocycles. The number of sulfonamides is 1. The maximum atomic E-state index is 12.6. The Hall–Kier alpha value is -2.40. The van der Waals surface area contributed by atoms with E-state index in [1.807, 2.05) is 18.2 Å². The summed E-state index contributed by atoms with van der Waals surface area (Å²) in [6.07, 6.45) is 6.24. The Morgan fingerprint density at radius 1 is 1.06 bits per heavy atom. The fraction of sp³-hybridized carbons (Fsp3) is 0.348. The van der Waals surface area contributed by atoms with Crippen molar-refractivity contribution in [2.75, 3.05) is 31.9 Å². The van der Waals surface area contributed by atoms with Crippen molar-refractivity contribution >= 4 is 53.9 Å². The number of nitrogens with two attached hydrogens (primary N) is 1. The molecular formula is C23H27BrN6O2S. The third-order valence-electron chi connectivity index (χ3n) is 5.66. The van der Waals surface area contributed by atoms with Gasteiger partial charge in [-0.25, -0.2) is 18.1 Å². The molecule has 0 spiro atoms. The molecule has 1 aliphatic heterocycles. The first-order valence-electron chi connectivity index (χ1n) is 11.0. The summed E-state index contributed by atoms with van der Waals surface area (Å²) in [6, 6.07) is 12.1. The summed E-state index contributed by atoms with van der Waals surface area (Å²) < 4.78 is 28.8. The molecule has 1 aromatic heterocycles. The summed E-state index contributed by atoms with van der Waals surface area (Å²) in [5, 5.41) is 10.3. The SMILES string of the molecule is Nc1ncc2ccc(Br)cc2c1/N=N/c1ccc(S(=O)(=O)NCCCN2CCCCC2)cc1. The number of nitrogen functional groups attached to an aromatic ring is 1. The average Bonchev–Trinajstić information content (AvgIpc) is 2.82. The number of nitrogens with one attached hydrogen (secondary N) is 1. The summed E-state index contributed by atoms with van der Waals surface area (Å²) in [6.45, 7) is 3.56. The number of halogens is 1. The van der Waals surface area contributed by atoms with Gasteiger partial charge in [0, 0.05) is 28.0 Å². The molecular weight excluding hydrogens is 504 g/mol. The Balaban J connectivity index is 1.40. The Morgan fingerprint density at radius 3 is 2.58 bits per heavy atom. The number of fused-ring (bicyclic) bond motifs is 1. The van der Waals surface area contributed by atoms with Crippen molar-refractivity contribution in [2.24, 2.45) is 10.2 Å². The number of pyridine rings is 1. The number of anilines is 1. The molecule has 2 heterocycles. The molecule has 1 aliphatic rings. The fourth-order valence-corrected chi connectivity index (χ4v) is 5.30. The van der Waals surface area contributed by atoms with E-state index in [-0.39, 0.29) is 10.7 Å². The Bertz CT molecular complexity index is 1240. The summed E-state index contributed by atoms with van der Waals surface area (Å²) in [5.74, 6) is 0.275. The van der Waals surface area contributed by atoms with E-state index in [0.29, 0.717) is 17.9 Å². The van der Waals surface area contributed by atoms with Crippen LogP contribution in [0, 0.1) is 0 Å². The first kappa shape index (κ1) is 23.7. The lowest BCUT2D eigenvalue weighted by Crippen LogP contribution is -2.33. The maximum Gasteiger partial charge on any atom is 0.240 e. The number of hydrogen-bond acceptors (Lipinski definition) is 7. The predicted molar refractivity (Wildman–Crippen MR) is 135 cm³/mol. The average molecular weight is 531 g/mol. The lowest BCUT2D eigenvalue weighted by atomic mass is 10.1. The first-order chi connectivity index (χ1) is 15.9. The van der Waals surface area contributed by atoms with Gasteiger partial charge in [-0.15, -0.1) is 5.11 Å². The van der Waals surface area contributed by atoms with Crippen LogP contribution < -0.4 is 10.5 Å². The minimum Gasteiger partial charge on any atom is -0.382 e. The molecule has 10 heteroatoms. The van der Waals surface area contributed by atoms with E-state index in [0.717, 1.165) is 41.3 Å². The summed E-state index contributed by atoms with van der Waals surface area (Å²) in [4.78, 5) is 6.78. The highest BCUT2D eigenvalue weighted by Crippen LogP contribution is 2.33. The van der Waals surface area contributed by atoms with Gasteiger partial charge in [-0.05, 0) is 75.3 Å². The van der Waals surface area contributed by atoms with Gasteiger partial charge in [0.05, 0.1) is 10.6 Å². The zero-order valence-corrected chi connectivity index (χ0v) is 20.6. The number of benzene rings is 2. The Morgan fingerprint density at radius 2 is 1.82 bits per heavy atom. The van der Waals surface area contributed by atoms with E-state index in [1.54, 1.807) is 18.3 Å². The number of hydrogen-bond donors (Lipinski definition) is 2. The molecule has 4 rings (SSSR count). The van der Waals surface area contributed by atoms with Crippen molar-refractivity contribution < 1.29 is 8.42 Å². The van der Waals surface area contributed by atoms with E-state index >= 15 is 0 Å². The lowest BCUT2D eigenvalue weighted by Gasteiger charge is -2.26. The molecule has 1 fully saturated rings. The van der Waals surface area contributed by atoms with Crippen LogP contribution in [0.3, 0.4) is 0 Å². The molecule has 0 radical (unpaired) electrons. The largest absolute Gasteiger partial charge is 0.382 e. The summed E-state index contributed by atoms with van der Waals surface area (Å²) >= 11 is 3.46. The highest BCUT2D eigenvalue weighted by atomic mass is 79.9. The van der Waals surface area contributed by atoms with Gasteiger partial charge in [-0.3, -0.25) is 0 Å². The number of piperidine rings is 1. The van der Waals surface area contributed by atoms with E-state index in [2.05, 4.69) is 40.8 Å². The smallest absolute Gasteiger partial charge is 0.240 e. The van der Waals surface area contributed by atoms with Crippen LogP contribution in [0.1, 0.15) is 25.7 Å². The van der Waals surface area contributed by atoms with Crippen molar-refractivity contribution in [1.82, 2.24) is 14.6 Å². The number of likely N-dealkylation sites (tertiary alicyclic amines) is 1. The monoisotopic (exact) mass is 530 g/mol. The highest BCUT2D eigenvalue weighted by Gasteiger charge is 2.14. The second kappa shape index (κ2) is 10.7. The predicted octanol–water partition coefficient (Wildman–Crippen LogP) is 5.15. The molecule has 2 aromatic carbocycles.